The molecule has 0 saturated carbocycles. The zero-order chi connectivity index (χ0) is 5.70. The van der Waals surface area contributed by atoms with Crippen LogP contribution in [0.5, 0.6) is 0 Å². The molecular formula is C4H9N3. The molecule has 40 valence electrons. The third-order valence-electron chi connectivity index (χ3n) is 0.583. The van der Waals surface area contributed by atoms with Crippen LogP contribution in [0.4, 0.5) is 0 Å². The Morgan fingerprint density at radius 2 is 2.43 bits per heavy atom. The Kier molecular flexibility index (Phi) is 2.98. The molecule has 3 nitrogen and oxygen atoms in total. The van der Waals surface area contributed by atoms with Crippen molar-refractivity contribution in [3.8, 4) is 0 Å². The van der Waals surface area contributed by atoms with E-state index in [2.05, 4.69) is 10.1 Å². The maximum atomic E-state index is 7.99. The van der Waals surface area contributed by atoms with E-state index >= 15 is 0 Å². The Hall–Kier alpha value is -0.820. The van der Waals surface area contributed by atoms with Crippen LogP contribution in [-0.4, -0.2) is 17.2 Å². The van der Waals surface area contributed by atoms with E-state index in [1.165, 1.54) is 0 Å². The summed E-state index contributed by atoms with van der Waals surface area (Å²) in [5.74, 6) is 0.558. The molecule has 0 saturated heterocycles. The molecule has 0 radical (unpaired) electrons. The monoisotopic (exact) mass is 99.1 g/mol. The van der Waals surface area contributed by atoms with Gasteiger partial charge >= 0.3 is 5.84 Å². The molecule has 0 aromatic rings. The summed E-state index contributed by atoms with van der Waals surface area (Å²) in [7, 11) is 0. The zero-order valence-electron chi connectivity index (χ0n) is 4.60. The molecule has 0 aliphatic rings. The Balaban J connectivity index is 3.37. The van der Waals surface area contributed by atoms with E-state index in [1.807, 2.05) is 6.92 Å². The summed E-state index contributed by atoms with van der Waals surface area (Å²) in [5, 5.41) is 2.80. The minimum atomic E-state index is 0.558. The fourth-order valence-corrected chi connectivity index (χ4v) is 0.291. The number of amidine groups is 1. The average Bonchev–Trinajstić information content (AvgIpc) is 1.68. The Bertz CT molecular complexity index is 91.1. The maximum absolute atomic E-state index is 7.99. The van der Waals surface area contributed by atoms with Gasteiger partial charge in [-0.1, -0.05) is 0 Å². The lowest BCUT2D eigenvalue weighted by atomic mass is 10.6. The molecule has 7 heavy (non-hydrogen) atoms. The van der Waals surface area contributed by atoms with Gasteiger partial charge in [-0.25, -0.2) is 0 Å². The van der Waals surface area contributed by atoms with Crippen molar-refractivity contribution in [3.63, 3.8) is 0 Å². The number of hydrogen-bond donors (Lipinski definition) is 1. The Morgan fingerprint density at radius 1 is 1.86 bits per heavy atom. The molecule has 3 heteroatoms. The molecule has 0 atom stereocenters. The molecule has 1 N–H and O–H groups in total. The lowest BCUT2D eigenvalue weighted by Crippen LogP contribution is -2.19. The SMILES string of the molecule is CCNC(C)=[N+]=[N-]. The average molecular weight is 99.1 g/mol. The fourth-order valence-electron chi connectivity index (χ4n) is 0.291. The summed E-state index contributed by atoms with van der Waals surface area (Å²) in [4.78, 5) is 2.88. The number of hydrogen-bond acceptors (Lipinski definition) is 0. The van der Waals surface area contributed by atoms with E-state index in [-0.39, 0.29) is 0 Å². The van der Waals surface area contributed by atoms with Gasteiger partial charge in [0.15, 0.2) is 0 Å². The van der Waals surface area contributed by atoms with Crippen molar-refractivity contribution in [3.05, 3.63) is 5.53 Å². The number of nitrogens with zero attached hydrogens (tertiary/aromatic N) is 2. The van der Waals surface area contributed by atoms with Gasteiger partial charge in [0.2, 0.25) is 0 Å². The van der Waals surface area contributed by atoms with Crippen LogP contribution in [0.3, 0.4) is 0 Å². The summed E-state index contributed by atoms with van der Waals surface area (Å²) in [6.45, 7) is 4.44. The minimum Gasteiger partial charge on any atom is -0.498 e. The van der Waals surface area contributed by atoms with Crippen LogP contribution in [0.2, 0.25) is 0 Å². The summed E-state index contributed by atoms with van der Waals surface area (Å²) in [6, 6.07) is 0. The first-order valence-corrected chi connectivity index (χ1v) is 2.23. The predicted octanol–water partition coefficient (Wildman–Crippen LogP) is 0.244. The smallest absolute Gasteiger partial charge is 0.323 e. The standard InChI is InChI=1S/C4H9N3/c1-3-6-4(2)7-5/h6H,3H2,1-2H3. The number of nitrogens with one attached hydrogen (secondary N) is 1. The first-order valence-electron chi connectivity index (χ1n) is 2.23. The van der Waals surface area contributed by atoms with Crippen molar-refractivity contribution in [2.75, 3.05) is 6.54 Å². The first-order chi connectivity index (χ1) is 3.31. The highest BCUT2D eigenvalue weighted by Crippen LogP contribution is 1.55. The highest BCUT2D eigenvalue weighted by Gasteiger charge is 1.87. The highest BCUT2D eigenvalue weighted by molar-refractivity contribution is 5.73. The topological polar surface area (TPSA) is 48.4 Å². The lowest BCUT2D eigenvalue weighted by Gasteiger charge is -1.84. The summed E-state index contributed by atoms with van der Waals surface area (Å²) in [6.07, 6.45) is 0. The predicted molar refractivity (Wildman–Crippen MR) is 28.0 cm³/mol. The minimum absolute atomic E-state index is 0.558. The van der Waals surface area contributed by atoms with Crippen molar-refractivity contribution in [1.29, 1.82) is 0 Å². The molecule has 0 aliphatic carbocycles. The van der Waals surface area contributed by atoms with Crippen LogP contribution < -0.4 is 5.32 Å². The van der Waals surface area contributed by atoms with Crippen molar-refractivity contribution < 1.29 is 4.79 Å². The second kappa shape index (κ2) is 3.37. The molecular weight excluding hydrogens is 90.1 g/mol. The van der Waals surface area contributed by atoms with E-state index < -0.39 is 0 Å². The van der Waals surface area contributed by atoms with E-state index in [4.69, 9.17) is 5.53 Å². The fraction of sp³-hybridized carbons (Fsp3) is 0.750. The Morgan fingerprint density at radius 3 is 2.57 bits per heavy atom. The van der Waals surface area contributed by atoms with Crippen LogP contribution in [0, 0.1) is 0 Å². The third kappa shape index (κ3) is 3.00. The molecule has 0 unspecified atom stereocenters. The van der Waals surface area contributed by atoms with Crippen LogP contribution >= 0.6 is 0 Å². The summed E-state index contributed by atoms with van der Waals surface area (Å²) in [5.41, 5.74) is 7.99. The third-order valence-corrected chi connectivity index (χ3v) is 0.583. The molecule has 0 fully saturated rings. The molecule has 0 aromatic carbocycles. The lowest BCUT2D eigenvalue weighted by molar-refractivity contribution is -0.0110. The van der Waals surface area contributed by atoms with Gasteiger partial charge in [0.1, 0.15) is 0 Å². The van der Waals surface area contributed by atoms with Gasteiger partial charge in [-0.15, -0.1) is 0 Å². The molecule has 0 spiro atoms. The molecule has 0 aliphatic heterocycles. The normalized spacial score (nSPS) is 7.14. The van der Waals surface area contributed by atoms with Gasteiger partial charge in [0.25, 0.3) is 0 Å². The van der Waals surface area contributed by atoms with Gasteiger partial charge in [0.05, 0.1) is 13.5 Å². The van der Waals surface area contributed by atoms with Crippen molar-refractivity contribution in [1.82, 2.24) is 5.32 Å². The van der Waals surface area contributed by atoms with E-state index in [1.54, 1.807) is 6.92 Å². The Labute approximate surface area is 43.0 Å². The largest absolute Gasteiger partial charge is 0.498 e. The second-order valence-corrected chi connectivity index (χ2v) is 1.22. The summed E-state index contributed by atoms with van der Waals surface area (Å²) < 4.78 is 0. The summed E-state index contributed by atoms with van der Waals surface area (Å²) >= 11 is 0. The van der Waals surface area contributed by atoms with Crippen LogP contribution in [0.25, 0.3) is 5.53 Å². The van der Waals surface area contributed by atoms with E-state index in [0.29, 0.717) is 5.84 Å². The zero-order valence-corrected chi connectivity index (χ0v) is 4.60. The van der Waals surface area contributed by atoms with Crippen LogP contribution in [0.15, 0.2) is 0 Å². The van der Waals surface area contributed by atoms with Crippen molar-refractivity contribution >= 4 is 5.84 Å². The van der Waals surface area contributed by atoms with Gasteiger partial charge in [0, 0.05) is 0 Å². The highest BCUT2D eigenvalue weighted by atomic mass is 15.0. The van der Waals surface area contributed by atoms with Crippen LogP contribution in [0.1, 0.15) is 13.8 Å². The molecule has 0 amide bonds. The van der Waals surface area contributed by atoms with Gasteiger partial charge < -0.3 is 10.3 Å². The first kappa shape index (κ1) is 6.18. The second-order valence-electron chi connectivity index (χ2n) is 1.22. The van der Waals surface area contributed by atoms with E-state index in [0.717, 1.165) is 6.54 Å². The van der Waals surface area contributed by atoms with Gasteiger partial charge in [-0.05, 0) is 6.92 Å². The molecule has 0 aromatic heterocycles. The maximum Gasteiger partial charge on any atom is 0.323 e. The van der Waals surface area contributed by atoms with Crippen LogP contribution in [-0.2, 0) is 0 Å². The van der Waals surface area contributed by atoms with Crippen molar-refractivity contribution in [2.24, 2.45) is 0 Å². The van der Waals surface area contributed by atoms with Gasteiger partial charge in [-0.3, -0.25) is 5.32 Å². The molecule has 0 heterocycles. The van der Waals surface area contributed by atoms with Gasteiger partial charge in [-0.2, -0.15) is 0 Å². The molecule has 0 rings (SSSR count). The van der Waals surface area contributed by atoms with E-state index in [9.17, 15) is 0 Å². The molecule has 0 bridgehead atoms. The quantitative estimate of drug-likeness (QED) is 0.218. The number of rotatable bonds is 1. The van der Waals surface area contributed by atoms with Crippen molar-refractivity contribution in [2.45, 2.75) is 13.8 Å².